The standard InChI is InChI=1S/C9H12N4O4S/c10-2-7-12-5(3-18-7)8(15)13-4(9(16)17)1-6(11)14/h3-4H,1-2,10H2,(H2,11,14)(H,13,15)(H,16,17). The molecule has 0 spiro atoms. The highest BCUT2D eigenvalue weighted by atomic mass is 32.1. The van der Waals surface area contributed by atoms with Crippen LogP contribution in [-0.2, 0) is 16.1 Å². The van der Waals surface area contributed by atoms with Crippen LogP contribution in [0.4, 0.5) is 0 Å². The predicted octanol–water partition coefficient (Wildman–Crippen LogP) is -1.34. The average molecular weight is 272 g/mol. The molecule has 0 aliphatic heterocycles. The fraction of sp³-hybridized carbons (Fsp3) is 0.333. The Morgan fingerprint density at radius 2 is 2.17 bits per heavy atom. The van der Waals surface area contributed by atoms with Crippen LogP contribution in [0.5, 0.6) is 0 Å². The number of carbonyl (C=O) groups is 3. The van der Waals surface area contributed by atoms with Crippen molar-refractivity contribution in [3.63, 3.8) is 0 Å². The van der Waals surface area contributed by atoms with Gasteiger partial charge in [-0.05, 0) is 0 Å². The van der Waals surface area contributed by atoms with Gasteiger partial charge in [0.25, 0.3) is 5.91 Å². The number of primary amides is 1. The summed E-state index contributed by atoms with van der Waals surface area (Å²) in [6, 6.07) is -1.36. The van der Waals surface area contributed by atoms with Gasteiger partial charge in [0.2, 0.25) is 5.91 Å². The molecule has 0 bridgehead atoms. The number of nitrogens with two attached hydrogens (primary N) is 2. The summed E-state index contributed by atoms with van der Waals surface area (Å²) < 4.78 is 0. The fourth-order valence-corrected chi connectivity index (χ4v) is 1.80. The summed E-state index contributed by atoms with van der Waals surface area (Å²) in [5, 5.41) is 13.0. The van der Waals surface area contributed by atoms with E-state index >= 15 is 0 Å². The molecule has 8 nitrogen and oxygen atoms in total. The van der Waals surface area contributed by atoms with E-state index in [0.29, 0.717) is 5.01 Å². The lowest BCUT2D eigenvalue weighted by Crippen LogP contribution is -2.43. The third kappa shape index (κ3) is 3.79. The summed E-state index contributed by atoms with van der Waals surface area (Å²) >= 11 is 1.19. The highest BCUT2D eigenvalue weighted by Crippen LogP contribution is 2.09. The summed E-state index contributed by atoms with van der Waals surface area (Å²) in [7, 11) is 0. The number of rotatable bonds is 6. The maximum atomic E-state index is 11.6. The number of carboxylic acids is 1. The number of thiazole rings is 1. The van der Waals surface area contributed by atoms with Gasteiger partial charge < -0.3 is 21.9 Å². The van der Waals surface area contributed by atoms with E-state index in [1.807, 2.05) is 0 Å². The Hall–Kier alpha value is -2.00. The zero-order valence-electron chi connectivity index (χ0n) is 9.25. The first-order valence-corrected chi connectivity index (χ1v) is 5.78. The molecule has 1 rings (SSSR count). The Balaban J connectivity index is 2.71. The van der Waals surface area contributed by atoms with Crippen LogP contribution in [0.25, 0.3) is 0 Å². The number of hydrogen-bond acceptors (Lipinski definition) is 6. The molecule has 1 aromatic heterocycles. The number of nitrogens with zero attached hydrogens (tertiary/aromatic N) is 1. The first kappa shape index (κ1) is 14.1. The SMILES string of the molecule is NCc1nc(C(=O)NC(CC(N)=O)C(=O)O)cs1. The van der Waals surface area contributed by atoms with Crippen LogP contribution in [0, 0.1) is 0 Å². The molecule has 0 aliphatic carbocycles. The van der Waals surface area contributed by atoms with E-state index in [-0.39, 0.29) is 12.2 Å². The lowest BCUT2D eigenvalue weighted by atomic mass is 10.2. The molecule has 0 aliphatic rings. The van der Waals surface area contributed by atoms with Crippen molar-refractivity contribution >= 4 is 29.1 Å². The van der Waals surface area contributed by atoms with E-state index in [2.05, 4.69) is 10.3 Å². The second-order valence-electron chi connectivity index (χ2n) is 3.37. The van der Waals surface area contributed by atoms with Crippen molar-refractivity contribution in [1.29, 1.82) is 0 Å². The molecular formula is C9H12N4O4S. The van der Waals surface area contributed by atoms with Crippen molar-refractivity contribution in [2.75, 3.05) is 0 Å². The highest BCUT2D eigenvalue weighted by Gasteiger charge is 2.23. The summed E-state index contributed by atoms with van der Waals surface area (Å²) in [6.07, 6.45) is -0.477. The first-order valence-electron chi connectivity index (χ1n) is 4.90. The maximum absolute atomic E-state index is 11.6. The molecule has 18 heavy (non-hydrogen) atoms. The molecule has 0 fully saturated rings. The highest BCUT2D eigenvalue weighted by molar-refractivity contribution is 7.09. The van der Waals surface area contributed by atoms with Gasteiger partial charge in [-0.1, -0.05) is 0 Å². The number of amides is 2. The molecule has 2 amide bonds. The van der Waals surface area contributed by atoms with E-state index in [9.17, 15) is 14.4 Å². The third-order valence-electron chi connectivity index (χ3n) is 1.97. The van der Waals surface area contributed by atoms with Crippen molar-refractivity contribution in [2.24, 2.45) is 11.5 Å². The minimum Gasteiger partial charge on any atom is -0.480 e. The lowest BCUT2D eigenvalue weighted by molar-refractivity contribution is -0.140. The average Bonchev–Trinajstić information content (AvgIpc) is 2.75. The molecule has 0 saturated heterocycles. The molecule has 6 N–H and O–H groups in total. The van der Waals surface area contributed by atoms with Crippen LogP contribution in [0.15, 0.2) is 5.38 Å². The van der Waals surface area contributed by atoms with Crippen LogP contribution in [0.1, 0.15) is 21.9 Å². The lowest BCUT2D eigenvalue weighted by Gasteiger charge is -2.11. The van der Waals surface area contributed by atoms with Gasteiger partial charge in [-0.25, -0.2) is 9.78 Å². The van der Waals surface area contributed by atoms with Gasteiger partial charge in [0, 0.05) is 11.9 Å². The Labute approximate surface area is 106 Å². The van der Waals surface area contributed by atoms with E-state index in [1.165, 1.54) is 16.7 Å². The molecule has 9 heteroatoms. The molecule has 1 heterocycles. The Bertz CT molecular complexity index is 473. The van der Waals surface area contributed by atoms with Gasteiger partial charge in [-0.15, -0.1) is 11.3 Å². The van der Waals surface area contributed by atoms with Crippen LogP contribution in [0.2, 0.25) is 0 Å². The third-order valence-corrected chi connectivity index (χ3v) is 2.84. The zero-order chi connectivity index (χ0) is 13.7. The van der Waals surface area contributed by atoms with Gasteiger partial charge in [0.05, 0.1) is 6.42 Å². The van der Waals surface area contributed by atoms with Gasteiger partial charge in [0.15, 0.2) is 0 Å². The number of aliphatic carboxylic acids is 1. The van der Waals surface area contributed by atoms with Gasteiger partial charge >= 0.3 is 5.97 Å². The van der Waals surface area contributed by atoms with E-state index in [0.717, 1.165) is 0 Å². The summed E-state index contributed by atoms with van der Waals surface area (Å²) in [5.74, 6) is -2.83. The molecule has 1 unspecified atom stereocenters. The fourth-order valence-electron chi connectivity index (χ4n) is 1.14. The Morgan fingerprint density at radius 3 is 2.61 bits per heavy atom. The number of nitrogens with one attached hydrogen (secondary N) is 1. The van der Waals surface area contributed by atoms with Crippen LogP contribution in [-0.4, -0.2) is 33.9 Å². The van der Waals surface area contributed by atoms with Gasteiger partial charge in [0.1, 0.15) is 16.7 Å². The Morgan fingerprint density at radius 1 is 1.50 bits per heavy atom. The summed E-state index contributed by atoms with van der Waals surface area (Å²) in [5.41, 5.74) is 10.3. The molecule has 0 aromatic carbocycles. The van der Waals surface area contributed by atoms with E-state index < -0.39 is 30.2 Å². The van der Waals surface area contributed by atoms with Crippen molar-refractivity contribution < 1.29 is 19.5 Å². The normalized spacial score (nSPS) is 11.8. The number of carbonyl (C=O) groups excluding carboxylic acids is 2. The van der Waals surface area contributed by atoms with Crippen LogP contribution >= 0.6 is 11.3 Å². The minimum absolute atomic E-state index is 0.0659. The predicted molar refractivity (Wildman–Crippen MR) is 62.7 cm³/mol. The van der Waals surface area contributed by atoms with Gasteiger partial charge in [-0.2, -0.15) is 0 Å². The second kappa shape index (κ2) is 6.07. The monoisotopic (exact) mass is 272 g/mol. The number of aromatic nitrogens is 1. The van der Waals surface area contributed by atoms with Crippen molar-refractivity contribution in [3.05, 3.63) is 16.1 Å². The molecule has 1 atom stereocenters. The number of hydrogen-bond donors (Lipinski definition) is 4. The van der Waals surface area contributed by atoms with Crippen molar-refractivity contribution in [3.8, 4) is 0 Å². The van der Waals surface area contributed by atoms with Gasteiger partial charge in [-0.3, -0.25) is 9.59 Å². The second-order valence-corrected chi connectivity index (χ2v) is 4.31. The van der Waals surface area contributed by atoms with Crippen LogP contribution in [0.3, 0.4) is 0 Å². The molecule has 0 radical (unpaired) electrons. The summed E-state index contributed by atoms with van der Waals surface area (Å²) in [6.45, 7) is 0.196. The van der Waals surface area contributed by atoms with E-state index in [4.69, 9.17) is 16.6 Å². The molecule has 0 saturated carbocycles. The van der Waals surface area contributed by atoms with E-state index in [1.54, 1.807) is 0 Å². The minimum atomic E-state index is -1.36. The van der Waals surface area contributed by atoms with Crippen LogP contribution < -0.4 is 16.8 Å². The first-order chi connectivity index (χ1) is 8.43. The smallest absolute Gasteiger partial charge is 0.326 e. The Kier molecular flexibility index (Phi) is 4.75. The zero-order valence-corrected chi connectivity index (χ0v) is 10.1. The maximum Gasteiger partial charge on any atom is 0.326 e. The quantitative estimate of drug-likeness (QED) is 0.503. The molecule has 98 valence electrons. The topological polar surface area (TPSA) is 148 Å². The molecular weight excluding hydrogens is 260 g/mol. The largest absolute Gasteiger partial charge is 0.480 e. The number of carboxylic acid groups (broad SMARTS) is 1. The van der Waals surface area contributed by atoms with Crippen molar-refractivity contribution in [2.45, 2.75) is 19.0 Å². The summed E-state index contributed by atoms with van der Waals surface area (Å²) in [4.78, 5) is 37.0. The van der Waals surface area contributed by atoms with Crippen molar-refractivity contribution in [1.82, 2.24) is 10.3 Å². The molecule has 1 aromatic rings.